The molecule has 0 unspecified atom stereocenters. The lowest BCUT2D eigenvalue weighted by atomic mass is 10.2. The number of hydrogen-bond acceptors (Lipinski definition) is 5. The first-order valence-electron chi connectivity index (χ1n) is 5.62. The third-order valence-corrected chi connectivity index (χ3v) is 3.05. The number of hydrogen-bond donors (Lipinski definition) is 2. The molecule has 17 heavy (non-hydrogen) atoms. The number of carboxylic acids is 1. The number of nitrogens with zero attached hydrogens (tertiary/aromatic N) is 2. The SMILES string of the molecule is CN(C)CCCNc1nc(CCC(=O)O)cs1. The molecule has 0 spiro atoms. The second-order valence-corrected chi connectivity index (χ2v) is 4.98. The first kappa shape index (κ1) is 13.9. The van der Waals surface area contributed by atoms with Crippen LogP contribution in [-0.4, -0.2) is 48.1 Å². The van der Waals surface area contributed by atoms with E-state index in [4.69, 9.17) is 5.11 Å². The molecule has 1 aromatic rings. The van der Waals surface area contributed by atoms with Crippen molar-refractivity contribution in [3.8, 4) is 0 Å². The van der Waals surface area contributed by atoms with E-state index in [9.17, 15) is 4.79 Å². The largest absolute Gasteiger partial charge is 0.481 e. The molecule has 0 saturated carbocycles. The van der Waals surface area contributed by atoms with Crippen molar-refractivity contribution in [1.82, 2.24) is 9.88 Å². The smallest absolute Gasteiger partial charge is 0.303 e. The van der Waals surface area contributed by atoms with Crippen LogP contribution in [0.2, 0.25) is 0 Å². The van der Waals surface area contributed by atoms with Gasteiger partial charge in [0.1, 0.15) is 0 Å². The molecule has 1 rings (SSSR count). The lowest BCUT2D eigenvalue weighted by Gasteiger charge is -2.08. The summed E-state index contributed by atoms with van der Waals surface area (Å²) in [5.74, 6) is -0.779. The average molecular weight is 257 g/mol. The number of carbonyl (C=O) groups is 1. The Balaban J connectivity index is 2.23. The highest BCUT2D eigenvalue weighted by Gasteiger charge is 2.04. The fourth-order valence-corrected chi connectivity index (χ4v) is 2.10. The Morgan fingerprint density at radius 2 is 2.35 bits per heavy atom. The van der Waals surface area contributed by atoms with E-state index in [2.05, 4.69) is 15.2 Å². The Morgan fingerprint density at radius 1 is 1.59 bits per heavy atom. The van der Waals surface area contributed by atoms with E-state index >= 15 is 0 Å². The molecule has 0 atom stereocenters. The molecule has 0 aliphatic rings. The number of anilines is 1. The monoisotopic (exact) mass is 257 g/mol. The van der Waals surface area contributed by atoms with Crippen molar-refractivity contribution in [3.05, 3.63) is 11.1 Å². The van der Waals surface area contributed by atoms with Crippen LogP contribution in [0.1, 0.15) is 18.5 Å². The molecular weight excluding hydrogens is 238 g/mol. The second-order valence-electron chi connectivity index (χ2n) is 4.12. The second kappa shape index (κ2) is 7.24. The minimum Gasteiger partial charge on any atom is -0.481 e. The number of aromatic nitrogens is 1. The Labute approximate surface area is 105 Å². The van der Waals surface area contributed by atoms with Crippen LogP contribution in [0.3, 0.4) is 0 Å². The van der Waals surface area contributed by atoms with Gasteiger partial charge in [0, 0.05) is 18.3 Å². The summed E-state index contributed by atoms with van der Waals surface area (Å²) in [4.78, 5) is 16.9. The lowest BCUT2D eigenvalue weighted by Crippen LogP contribution is -2.16. The molecule has 0 saturated heterocycles. The molecule has 5 nitrogen and oxygen atoms in total. The van der Waals surface area contributed by atoms with Gasteiger partial charge < -0.3 is 15.3 Å². The van der Waals surface area contributed by atoms with E-state index in [-0.39, 0.29) is 6.42 Å². The van der Waals surface area contributed by atoms with Crippen LogP contribution in [0.25, 0.3) is 0 Å². The molecule has 0 aliphatic carbocycles. The molecule has 0 aliphatic heterocycles. The van der Waals surface area contributed by atoms with Gasteiger partial charge in [-0.05, 0) is 27.1 Å². The maximum absolute atomic E-state index is 10.4. The van der Waals surface area contributed by atoms with E-state index < -0.39 is 5.97 Å². The van der Waals surface area contributed by atoms with Crippen LogP contribution >= 0.6 is 11.3 Å². The first-order valence-corrected chi connectivity index (χ1v) is 6.50. The summed E-state index contributed by atoms with van der Waals surface area (Å²) in [7, 11) is 4.10. The average Bonchev–Trinajstić information content (AvgIpc) is 2.69. The van der Waals surface area contributed by atoms with Gasteiger partial charge in [0.25, 0.3) is 0 Å². The Bertz CT molecular complexity index is 352. The molecule has 0 bridgehead atoms. The highest BCUT2D eigenvalue weighted by atomic mass is 32.1. The highest BCUT2D eigenvalue weighted by Crippen LogP contribution is 2.16. The predicted octanol–water partition coefficient (Wildman–Crippen LogP) is 1.52. The lowest BCUT2D eigenvalue weighted by molar-refractivity contribution is -0.136. The zero-order chi connectivity index (χ0) is 12.7. The van der Waals surface area contributed by atoms with E-state index in [1.807, 2.05) is 19.5 Å². The fraction of sp³-hybridized carbons (Fsp3) is 0.636. The first-order chi connectivity index (χ1) is 8.08. The van der Waals surface area contributed by atoms with Crippen LogP contribution in [0.4, 0.5) is 5.13 Å². The maximum atomic E-state index is 10.4. The van der Waals surface area contributed by atoms with Crippen molar-refractivity contribution in [1.29, 1.82) is 0 Å². The minimum atomic E-state index is -0.779. The molecule has 6 heteroatoms. The van der Waals surface area contributed by atoms with Crippen molar-refractivity contribution < 1.29 is 9.90 Å². The van der Waals surface area contributed by atoms with E-state index in [1.165, 1.54) is 11.3 Å². The molecule has 0 fully saturated rings. The van der Waals surface area contributed by atoms with Crippen molar-refractivity contribution in [3.63, 3.8) is 0 Å². The summed E-state index contributed by atoms with van der Waals surface area (Å²) in [6.45, 7) is 1.94. The van der Waals surface area contributed by atoms with Gasteiger partial charge in [0.15, 0.2) is 5.13 Å². The normalized spacial score (nSPS) is 10.8. The minimum absolute atomic E-state index is 0.143. The zero-order valence-electron chi connectivity index (χ0n) is 10.3. The van der Waals surface area contributed by atoms with Gasteiger partial charge in [-0.2, -0.15) is 0 Å². The van der Waals surface area contributed by atoms with Crippen LogP contribution in [0.15, 0.2) is 5.38 Å². The number of aliphatic carboxylic acids is 1. The molecule has 96 valence electrons. The van der Waals surface area contributed by atoms with Crippen LogP contribution < -0.4 is 5.32 Å². The Kier molecular flexibility index (Phi) is 5.93. The summed E-state index contributed by atoms with van der Waals surface area (Å²) in [5.41, 5.74) is 0.854. The quantitative estimate of drug-likeness (QED) is 0.691. The predicted molar refractivity (Wildman–Crippen MR) is 69.7 cm³/mol. The highest BCUT2D eigenvalue weighted by molar-refractivity contribution is 7.13. The maximum Gasteiger partial charge on any atom is 0.303 e. The summed E-state index contributed by atoms with van der Waals surface area (Å²) < 4.78 is 0. The fourth-order valence-electron chi connectivity index (χ4n) is 1.33. The van der Waals surface area contributed by atoms with Crippen molar-refractivity contribution in [2.75, 3.05) is 32.5 Å². The number of thiazole rings is 1. The van der Waals surface area contributed by atoms with Crippen LogP contribution in [0.5, 0.6) is 0 Å². The van der Waals surface area contributed by atoms with E-state index in [0.29, 0.717) is 6.42 Å². The van der Waals surface area contributed by atoms with Gasteiger partial charge in [-0.1, -0.05) is 0 Å². The molecule has 2 N–H and O–H groups in total. The summed E-state index contributed by atoms with van der Waals surface area (Å²) in [6, 6.07) is 0. The molecule has 1 aromatic heterocycles. The molecule has 0 aromatic carbocycles. The van der Waals surface area contributed by atoms with Gasteiger partial charge in [-0.15, -0.1) is 11.3 Å². The van der Waals surface area contributed by atoms with Gasteiger partial charge in [-0.3, -0.25) is 4.79 Å². The summed E-state index contributed by atoms with van der Waals surface area (Å²) >= 11 is 1.53. The topological polar surface area (TPSA) is 65.5 Å². The van der Waals surface area contributed by atoms with E-state index in [1.54, 1.807) is 0 Å². The Morgan fingerprint density at radius 3 is 3.00 bits per heavy atom. The molecule has 0 radical (unpaired) electrons. The standard InChI is InChI=1S/C11H19N3O2S/c1-14(2)7-3-6-12-11-13-9(8-17-11)4-5-10(15)16/h8H,3-7H2,1-2H3,(H,12,13)(H,15,16). The third-order valence-electron chi connectivity index (χ3n) is 2.21. The van der Waals surface area contributed by atoms with Gasteiger partial charge in [0.2, 0.25) is 0 Å². The Hall–Kier alpha value is -1.14. The summed E-state index contributed by atoms with van der Waals surface area (Å²) in [5, 5.41) is 14.6. The molecular formula is C11H19N3O2S. The number of nitrogens with one attached hydrogen (secondary N) is 1. The third kappa shape index (κ3) is 6.23. The van der Waals surface area contributed by atoms with Crippen molar-refractivity contribution >= 4 is 22.4 Å². The number of carboxylic acid groups (broad SMARTS) is 1. The van der Waals surface area contributed by atoms with Gasteiger partial charge in [-0.25, -0.2) is 4.98 Å². The zero-order valence-corrected chi connectivity index (χ0v) is 11.1. The molecule has 1 heterocycles. The van der Waals surface area contributed by atoms with E-state index in [0.717, 1.165) is 30.3 Å². The summed E-state index contributed by atoms with van der Waals surface area (Å²) in [6.07, 6.45) is 1.71. The number of aryl methyl sites for hydroxylation is 1. The van der Waals surface area contributed by atoms with Gasteiger partial charge >= 0.3 is 5.97 Å². The number of rotatable bonds is 8. The molecule has 0 amide bonds. The van der Waals surface area contributed by atoms with Crippen molar-refractivity contribution in [2.45, 2.75) is 19.3 Å². The van der Waals surface area contributed by atoms with Gasteiger partial charge in [0.05, 0.1) is 12.1 Å². The van der Waals surface area contributed by atoms with Crippen LogP contribution in [0, 0.1) is 0 Å². The van der Waals surface area contributed by atoms with Crippen LogP contribution in [-0.2, 0) is 11.2 Å². The van der Waals surface area contributed by atoms with Crippen molar-refractivity contribution in [2.24, 2.45) is 0 Å².